The molecule has 0 atom stereocenters. The minimum atomic E-state index is -3.88. The normalized spacial score (nSPS) is 11.6. The van der Waals surface area contributed by atoms with Crippen LogP contribution in [0.4, 0.5) is 10.1 Å². The van der Waals surface area contributed by atoms with Crippen LogP contribution in [0.1, 0.15) is 10.4 Å². The summed E-state index contributed by atoms with van der Waals surface area (Å²) in [6, 6.07) is 3.63. The first-order valence-corrected chi connectivity index (χ1v) is 8.25. The molecule has 0 radical (unpaired) electrons. The molecule has 0 aliphatic rings. The molecule has 1 aromatic carbocycles. The first-order valence-electron chi connectivity index (χ1n) is 5.51. The number of benzene rings is 1. The molecule has 1 aromatic heterocycles. The van der Waals surface area contributed by atoms with Crippen LogP contribution in [0.15, 0.2) is 28.5 Å². The van der Waals surface area contributed by atoms with Gasteiger partial charge in [-0.2, -0.15) is 0 Å². The molecule has 0 amide bonds. The minimum Gasteiger partial charge on any atom is -0.391 e. The number of sulfonamides is 1. The number of anilines is 1. The van der Waals surface area contributed by atoms with Crippen molar-refractivity contribution < 1.29 is 17.9 Å². The molecule has 0 spiro atoms. The smallest absolute Gasteiger partial charge is 0.263 e. The van der Waals surface area contributed by atoms with Gasteiger partial charge in [-0.15, -0.1) is 11.3 Å². The highest BCUT2D eigenvalue weighted by Crippen LogP contribution is 2.29. The second kappa shape index (κ2) is 5.69. The SMILES string of the molecule is Cc1csc(CO)c1S(=O)(=O)Nc1ccc(Cl)c(F)c1. The third-order valence-corrected chi connectivity index (χ3v) is 5.71. The van der Waals surface area contributed by atoms with E-state index in [9.17, 15) is 17.9 Å². The van der Waals surface area contributed by atoms with E-state index in [1.165, 1.54) is 12.1 Å². The van der Waals surface area contributed by atoms with Crippen molar-refractivity contribution in [2.24, 2.45) is 0 Å². The van der Waals surface area contributed by atoms with Crippen molar-refractivity contribution in [2.45, 2.75) is 18.4 Å². The predicted octanol–water partition coefficient (Wildman–Crippen LogP) is 3.14. The van der Waals surface area contributed by atoms with Crippen LogP contribution in [0, 0.1) is 12.7 Å². The van der Waals surface area contributed by atoms with Gasteiger partial charge >= 0.3 is 0 Å². The lowest BCUT2D eigenvalue weighted by molar-refractivity contribution is 0.282. The maximum absolute atomic E-state index is 13.3. The monoisotopic (exact) mass is 335 g/mol. The highest BCUT2D eigenvalue weighted by atomic mass is 35.5. The van der Waals surface area contributed by atoms with Crippen molar-refractivity contribution in [1.82, 2.24) is 0 Å². The van der Waals surface area contributed by atoms with Gasteiger partial charge in [-0.1, -0.05) is 11.6 Å². The highest BCUT2D eigenvalue weighted by molar-refractivity contribution is 7.93. The van der Waals surface area contributed by atoms with Crippen molar-refractivity contribution in [2.75, 3.05) is 4.72 Å². The molecule has 0 saturated carbocycles. The van der Waals surface area contributed by atoms with Gasteiger partial charge in [0.2, 0.25) is 0 Å². The van der Waals surface area contributed by atoms with Crippen LogP contribution in [0.3, 0.4) is 0 Å². The summed E-state index contributed by atoms with van der Waals surface area (Å²) < 4.78 is 40.2. The Morgan fingerprint density at radius 3 is 2.75 bits per heavy atom. The van der Waals surface area contributed by atoms with Crippen LogP contribution in [-0.4, -0.2) is 13.5 Å². The van der Waals surface area contributed by atoms with Crippen LogP contribution < -0.4 is 4.72 Å². The summed E-state index contributed by atoms with van der Waals surface area (Å²) in [5, 5.41) is 10.7. The number of halogens is 2. The van der Waals surface area contributed by atoms with Crippen LogP contribution in [0.25, 0.3) is 0 Å². The van der Waals surface area contributed by atoms with Crippen LogP contribution in [0.2, 0.25) is 5.02 Å². The van der Waals surface area contributed by atoms with E-state index >= 15 is 0 Å². The zero-order chi connectivity index (χ0) is 14.9. The molecule has 0 aliphatic carbocycles. The van der Waals surface area contributed by atoms with Gasteiger partial charge in [-0.05, 0) is 36.1 Å². The van der Waals surface area contributed by atoms with Crippen LogP contribution >= 0.6 is 22.9 Å². The number of aryl methyl sites for hydroxylation is 1. The number of nitrogens with one attached hydrogen (secondary N) is 1. The lowest BCUT2D eigenvalue weighted by Crippen LogP contribution is -2.15. The van der Waals surface area contributed by atoms with E-state index in [1.54, 1.807) is 12.3 Å². The van der Waals surface area contributed by atoms with Gasteiger partial charge in [0, 0.05) is 0 Å². The van der Waals surface area contributed by atoms with Crippen molar-refractivity contribution >= 4 is 38.6 Å². The molecule has 0 bridgehead atoms. The summed E-state index contributed by atoms with van der Waals surface area (Å²) in [6.45, 7) is 1.26. The molecule has 0 aliphatic heterocycles. The minimum absolute atomic E-state index is 0.0281. The van der Waals surface area contributed by atoms with Crippen molar-refractivity contribution in [3.05, 3.63) is 44.9 Å². The summed E-state index contributed by atoms with van der Waals surface area (Å²) in [6.07, 6.45) is 0. The Labute approximate surface area is 124 Å². The molecule has 4 nitrogen and oxygen atoms in total. The van der Waals surface area contributed by atoms with Gasteiger partial charge in [0.25, 0.3) is 10.0 Å². The van der Waals surface area contributed by atoms with Gasteiger partial charge in [0.1, 0.15) is 10.7 Å². The number of aliphatic hydroxyl groups is 1. The van der Waals surface area contributed by atoms with E-state index < -0.39 is 15.8 Å². The summed E-state index contributed by atoms with van der Waals surface area (Å²) in [4.78, 5) is 0.366. The lowest BCUT2D eigenvalue weighted by atomic mass is 10.3. The number of hydrogen-bond donors (Lipinski definition) is 2. The number of aliphatic hydroxyl groups excluding tert-OH is 1. The third-order valence-electron chi connectivity index (χ3n) is 2.57. The second-order valence-corrected chi connectivity index (χ2v) is 7.05. The molecule has 20 heavy (non-hydrogen) atoms. The quantitative estimate of drug-likeness (QED) is 0.902. The van der Waals surface area contributed by atoms with Crippen LogP contribution in [-0.2, 0) is 16.6 Å². The molecule has 2 rings (SSSR count). The second-order valence-electron chi connectivity index (χ2n) is 4.06. The predicted molar refractivity (Wildman–Crippen MR) is 77.2 cm³/mol. The molecule has 108 valence electrons. The highest BCUT2D eigenvalue weighted by Gasteiger charge is 2.23. The van der Waals surface area contributed by atoms with Gasteiger partial charge < -0.3 is 5.11 Å². The van der Waals surface area contributed by atoms with E-state index in [2.05, 4.69) is 4.72 Å². The summed E-state index contributed by atoms with van der Waals surface area (Å²) >= 11 is 6.70. The first-order chi connectivity index (χ1) is 9.35. The molecule has 1 heterocycles. The Balaban J connectivity index is 2.40. The largest absolute Gasteiger partial charge is 0.391 e. The molecule has 2 aromatic rings. The fraction of sp³-hybridized carbons (Fsp3) is 0.167. The van der Waals surface area contributed by atoms with Crippen molar-refractivity contribution in [3.8, 4) is 0 Å². The number of rotatable bonds is 4. The average molecular weight is 336 g/mol. The molecule has 0 saturated heterocycles. The first kappa shape index (κ1) is 15.2. The van der Waals surface area contributed by atoms with Gasteiger partial charge in [-0.3, -0.25) is 4.72 Å². The zero-order valence-electron chi connectivity index (χ0n) is 10.4. The Morgan fingerprint density at radius 1 is 1.45 bits per heavy atom. The molecule has 8 heteroatoms. The van der Waals surface area contributed by atoms with Crippen LogP contribution in [0.5, 0.6) is 0 Å². The Bertz CT molecular complexity index is 743. The van der Waals surface area contributed by atoms with Crippen molar-refractivity contribution in [3.63, 3.8) is 0 Å². The van der Waals surface area contributed by atoms with Gasteiger partial charge in [0.15, 0.2) is 0 Å². The molecule has 0 fully saturated rings. The van der Waals surface area contributed by atoms with E-state index in [0.717, 1.165) is 17.4 Å². The Hall–Kier alpha value is -1.15. The van der Waals surface area contributed by atoms with E-state index in [4.69, 9.17) is 11.6 Å². The molecular formula is C12H11ClFNO3S2. The van der Waals surface area contributed by atoms with E-state index in [1.807, 2.05) is 0 Å². The summed E-state index contributed by atoms with van der Waals surface area (Å²) in [5.41, 5.74) is 0.599. The van der Waals surface area contributed by atoms with Crippen molar-refractivity contribution in [1.29, 1.82) is 0 Å². The topological polar surface area (TPSA) is 66.4 Å². The molecule has 2 N–H and O–H groups in total. The van der Waals surface area contributed by atoms with E-state index in [-0.39, 0.29) is 22.2 Å². The zero-order valence-corrected chi connectivity index (χ0v) is 12.7. The summed E-state index contributed by atoms with van der Waals surface area (Å²) in [5.74, 6) is -0.712. The standard InChI is InChI=1S/C12H11ClFNO3S2/c1-7-6-19-11(5-16)12(7)20(17,18)15-8-2-3-9(13)10(14)4-8/h2-4,6,15-16H,5H2,1H3. The third kappa shape index (κ3) is 2.95. The lowest BCUT2D eigenvalue weighted by Gasteiger charge is -2.10. The maximum atomic E-state index is 13.3. The summed E-state index contributed by atoms with van der Waals surface area (Å²) in [7, 11) is -3.88. The Morgan fingerprint density at radius 2 is 2.15 bits per heavy atom. The van der Waals surface area contributed by atoms with Gasteiger partial charge in [0.05, 0.1) is 22.2 Å². The van der Waals surface area contributed by atoms with E-state index in [0.29, 0.717) is 10.4 Å². The number of thiophene rings is 1. The maximum Gasteiger partial charge on any atom is 0.263 e. The Kier molecular flexibility index (Phi) is 4.33. The molecule has 0 unspecified atom stereocenters. The fourth-order valence-corrected chi connectivity index (χ4v) is 4.55. The molecular weight excluding hydrogens is 325 g/mol. The fourth-order valence-electron chi connectivity index (χ4n) is 1.72. The average Bonchev–Trinajstić information content (AvgIpc) is 2.75. The number of hydrogen-bond acceptors (Lipinski definition) is 4. The van der Waals surface area contributed by atoms with Gasteiger partial charge in [-0.25, -0.2) is 12.8 Å².